The molecule has 7 nitrogen and oxygen atoms in total. The van der Waals surface area contributed by atoms with Gasteiger partial charge in [-0.1, -0.05) is 103 Å². The molecule has 1 saturated heterocycles. The summed E-state index contributed by atoms with van der Waals surface area (Å²) in [4.78, 5) is 11.7. The van der Waals surface area contributed by atoms with E-state index in [9.17, 15) is 25.2 Å². The van der Waals surface area contributed by atoms with Crippen molar-refractivity contribution in [2.75, 3.05) is 0 Å². The van der Waals surface area contributed by atoms with E-state index in [1.165, 1.54) is 51.4 Å². The van der Waals surface area contributed by atoms with Gasteiger partial charge in [0.15, 0.2) is 0 Å². The van der Waals surface area contributed by atoms with E-state index in [2.05, 4.69) is 6.92 Å². The highest BCUT2D eigenvalue weighted by molar-refractivity contribution is 5.90. The van der Waals surface area contributed by atoms with Crippen molar-refractivity contribution in [1.29, 1.82) is 0 Å². The second kappa shape index (κ2) is 22.5. The molecule has 0 saturated carbocycles. The van der Waals surface area contributed by atoms with E-state index in [4.69, 9.17) is 9.47 Å². The van der Waals surface area contributed by atoms with Gasteiger partial charge in [-0.3, -0.25) is 0 Å². The molecule has 2 heterocycles. The summed E-state index contributed by atoms with van der Waals surface area (Å²) < 4.78 is 11.2. The third-order valence-electron chi connectivity index (χ3n) is 9.14. The van der Waals surface area contributed by atoms with E-state index in [0.29, 0.717) is 37.7 Å². The Kier molecular flexibility index (Phi) is 19.9. The van der Waals surface area contributed by atoms with Crippen molar-refractivity contribution in [2.24, 2.45) is 0 Å². The number of ether oxygens (including phenoxy) is 2. The molecule has 0 amide bonds. The zero-order chi connectivity index (χ0) is 30.6. The lowest BCUT2D eigenvalue weighted by atomic mass is 9.97. The van der Waals surface area contributed by atoms with Crippen LogP contribution in [0, 0.1) is 0 Å². The van der Waals surface area contributed by atoms with Crippen LogP contribution < -0.4 is 0 Å². The summed E-state index contributed by atoms with van der Waals surface area (Å²) in [5, 5.41) is 41.6. The minimum atomic E-state index is -0.781. The van der Waals surface area contributed by atoms with Gasteiger partial charge in [-0.25, -0.2) is 4.79 Å². The molecule has 0 aromatic carbocycles. The number of cyclic esters (lactones) is 1. The lowest BCUT2D eigenvalue weighted by molar-refractivity contribution is -0.139. The predicted octanol–water partition coefficient (Wildman–Crippen LogP) is 7.06. The maximum Gasteiger partial charge on any atom is 0.334 e. The molecule has 0 aromatic heterocycles. The number of carbonyl (C=O) groups is 1. The van der Waals surface area contributed by atoms with Crippen molar-refractivity contribution in [1.82, 2.24) is 0 Å². The van der Waals surface area contributed by atoms with Gasteiger partial charge in [0.2, 0.25) is 0 Å². The van der Waals surface area contributed by atoms with E-state index in [-0.39, 0.29) is 24.3 Å². The topological polar surface area (TPSA) is 116 Å². The van der Waals surface area contributed by atoms with Crippen molar-refractivity contribution in [3.63, 3.8) is 0 Å². The molecule has 0 aromatic rings. The smallest absolute Gasteiger partial charge is 0.334 e. The van der Waals surface area contributed by atoms with Gasteiger partial charge in [-0.05, 0) is 57.9 Å². The van der Waals surface area contributed by atoms with Crippen molar-refractivity contribution in [3.05, 3.63) is 11.6 Å². The zero-order valence-corrected chi connectivity index (χ0v) is 26.9. The van der Waals surface area contributed by atoms with Crippen molar-refractivity contribution in [3.8, 4) is 0 Å². The molecule has 0 radical (unpaired) electrons. The Labute approximate surface area is 256 Å². The van der Waals surface area contributed by atoms with Gasteiger partial charge in [0, 0.05) is 12.0 Å². The van der Waals surface area contributed by atoms with Crippen LogP contribution in [0.3, 0.4) is 0 Å². The third-order valence-corrected chi connectivity index (χ3v) is 9.14. The number of aliphatic hydroxyl groups excluding tert-OH is 4. The molecule has 1 fully saturated rings. The fourth-order valence-corrected chi connectivity index (χ4v) is 6.40. The Morgan fingerprint density at radius 1 is 0.738 bits per heavy atom. The van der Waals surface area contributed by atoms with E-state index in [1.54, 1.807) is 6.08 Å². The fraction of sp³-hybridized carbons (Fsp3) is 0.914. The summed E-state index contributed by atoms with van der Waals surface area (Å²) in [6.45, 7) is 4.07. The SMILES string of the molecule is CCCCCCCCCCCC[C@H](O)[C@@H](O)CC[C@H](O)[C@@H]1CC[C@H](CCCCCCC[C@@H](O)CC2=C[C@H](C)OC2=O)O1. The van der Waals surface area contributed by atoms with E-state index < -0.39 is 24.4 Å². The Morgan fingerprint density at radius 3 is 1.93 bits per heavy atom. The molecule has 2 aliphatic rings. The highest BCUT2D eigenvalue weighted by Crippen LogP contribution is 2.28. The van der Waals surface area contributed by atoms with Gasteiger partial charge in [-0.15, -0.1) is 0 Å². The van der Waals surface area contributed by atoms with E-state index >= 15 is 0 Å². The van der Waals surface area contributed by atoms with Crippen LogP contribution in [0.25, 0.3) is 0 Å². The van der Waals surface area contributed by atoms with Gasteiger partial charge in [0.25, 0.3) is 0 Å². The lowest BCUT2D eigenvalue weighted by Crippen LogP contribution is -2.31. The zero-order valence-electron chi connectivity index (χ0n) is 26.9. The molecule has 0 bridgehead atoms. The van der Waals surface area contributed by atoms with Crippen LogP contribution in [0.2, 0.25) is 0 Å². The summed E-state index contributed by atoms with van der Waals surface area (Å²) in [6.07, 6.45) is 22.4. The number of unbranched alkanes of at least 4 members (excludes halogenated alkanes) is 13. The summed E-state index contributed by atoms with van der Waals surface area (Å²) >= 11 is 0. The summed E-state index contributed by atoms with van der Waals surface area (Å²) in [5.41, 5.74) is 0.600. The molecule has 2 rings (SSSR count). The fourth-order valence-electron chi connectivity index (χ4n) is 6.40. The molecule has 246 valence electrons. The Morgan fingerprint density at radius 2 is 1.31 bits per heavy atom. The first kappa shape index (κ1) is 37.2. The molecule has 4 N–H and O–H groups in total. The summed E-state index contributed by atoms with van der Waals surface area (Å²) in [6, 6.07) is 0. The second-order valence-corrected chi connectivity index (χ2v) is 13.1. The largest absolute Gasteiger partial charge is 0.455 e. The number of hydrogen-bond acceptors (Lipinski definition) is 7. The van der Waals surface area contributed by atoms with Crippen molar-refractivity contribution in [2.45, 2.75) is 204 Å². The number of hydrogen-bond donors (Lipinski definition) is 4. The van der Waals surface area contributed by atoms with Crippen molar-refractivity contribution < 1.29 is 34.7 Å². The van der Waals surface area contributed by atoms with Crippen LogP contribution in [0.1, 0.15) is 162 Å². The minimum Gasteiger partial charge on any atom is -0.455 e. The summed E-state index contributed by atoms with van der Waals surface area (Å²) in [7, 11) is 0. The Hall–Kier alpha value is -0.990. The van der Waals surface area contributed by atoms with E-state index in [1.807, 2.05) is 6.92 Å². The van der Waals surface area contributed by atoms with Crippen LogP contribution >= 0.6 is 0 Å². The Balaban J connectivity index is 1.42. The van der Waals surface area contributed by atoms with E-state index in [0.717, 1.165) is 64.2 Å². The number of esters is 1. The highest BCUT2D eigenvalue weighted by Gasteiger charge is 2.31. The molecular formula is C35H64O7. The van der Waals surface area contributed by atoms with Gasteiger partial charge in [-0.2, -0.15) is 0 Å². The molecule has 0 unspecified atom stereocenters. The molecule has 0 spiro atoms. The first-order valence-corrected chi connectivity index (χ1v) is 17.6. The van der Waals surface area contributed by atoms with Crippen molar-refractivity contribution >= 4 is 5.97 Å². The van der Waals surface area contributed by atoms with Crippen LogP contribution in [0.5, 0.6) is 0 Å². The number of rotatable bonds is 26. The van der Waals surface area contributed by atoms with Gasteiger partial charge < -0.3 is 29.9 Å². The van der Waals surface area contributed by atoms with Crippen LogP contribution in [0.15, 0.2) is 11.6 Å². The predicted molar refractivity (Wildman–Crippen MR) is 168 cm³/mol. The third kappa shape index (κ3) is 16.2. The standard InChI is InChI=1S/C35H64O7/c1-3-4-5-6-7-8-9-10-14-17-20-31(37)32(38)22-23-33(39)34-24-21-30(42-34)19-16-13-11-12-15-18-29(36)26-28-25-27(2)41-35(28)40/h25,27,29-34,36-39H,3-24,26H2,1-2H3/t27-,29+,30-,31-,32-,33-,34-/m0/s1. The first-order valence-electron chi connectivity index (χ1n) is 17.6. The average molecular weight is 597 g/mol. The first-order chi connectivity index (χ1) is 20.3. The van der Waals surface area contributed by atoms with Crippen LogP contribution in [-0.4, -0.2) is 69.1 Å². The molecule has 42 heavy (non-hydrogen) atoms. The monoisotopic (exact) mass is 596 g/mol. The number of carbonyl (C=O) groups excluding carboxylic acids is 1. The number of aliphatic hydroxyl groups is 4. The average Bonchev–Trinajstić information content (AvgIpc) is 3.57. The maximum absolute atomic E-state index is 11.7. The second-order valence-electron chi connectivity index (χ2n) is 13.1. The molecule has 0 aliphatic carbocycles. The maximum atomic E-state index is 11.7. The van der Waals surface area contributed by atoms with Gasteiger partial charge in [0.05, 0.1) is 36.6 Å². The highest BCUT2D eigenvalue weighted by atomic mass is 16.5. The minimum absolute atomic E-state index is 0.168. The Bertz CT molecular complexity index is 726. The van der Waals surface area contributed by atoms with Gasteiger partial charge in [0.1, 0.15) is 6.10 Å². The summed E-state index contributed by atoms with van der Waals surface area (Å²) in [5.74, 6) is -0.295. The molecule has 2 aliphatic heterocycles. The molecule has 7 heteroatoms. The lowest BCUT2D eigenvalue weighted by Gasteiger charge is -2.22. The molecular weight excluding hydrogens is 532 g/mol. The van der Waals surface area contributed by atoms with Gasteiger partial charge >= 0.3 is 5.97 Å². The van der Waals surface area contributed by atoms with Crippen LogP contribution in [0.4, 0.5) is 0 Å². The van der Waals surface area contributed by atoms with Crippen LogP contribution in [-0.2, 0) is 14.3 Å². The molecule has 7 atom stereocenters. The quantitative estimate of drug-likeness (QED) is 0.0624. The normalized spacial score (nSPS) is 23.5.